The Kier molecular flexibility index (Phi) is 7.36. The van der Waals surface area contributed by atoms with Crippen LogP contribution in [0.4, 0.5) is 42.1 Å². The van der Waals surface area contributed by atoms with E-state index in [1.807, 2.05) is 0 Å². The molecule has 14 heteroatoms. The van der Waals surface area contributed by atoms with E-state index in [1.165, 1.54) is 18.2 Å². The minimum Gasteiger partial charge on any atom is -0.477 e. The summed E-state index contributed by atoms with van der Waals surface area (Å²) >= 11 is 0. The SMILES string of the molecule is O=C(COc1ccc(C(F)(F)F)cc1[N+](=O)[O-])Nc1cc(C(F)(F)F)ccc1Oc1ccccc1F. The Balaban J connectivity index is 1.83. The highest BCUT2D eigenvalue weighted by Crippen LogP contribution is 2.38. The van der Waals surface area contributed by atoms with Crippen molar-refractivity contribution in [1.29, 1.82) is 0 Å². The molecule has 1 N–H and O–H groups in total. The molecule has 0 saturated carbocycles. The van der Waals surface area contributed by atoms with Crippen LogP contribution in [-0.2, 0) is 17.1 Å². The molecular formula is C22H13F7N2O5. The van der Waals surface area contributed by atoms with Crippen molar-refractivity contribution >= 4 is 17.3 Å². The van der Waals surface area contributed by atoms with Gasteiger partial charge in [-0.15, -0.1) is 0 Å². The van der Waals surface area contributed by atoms with Gasteiger partial charge in [0.15, 0.2) is 29.7 Å². The number of benzene rings is 3. The van der Waals surface area contributed by atoms with E-state index in [0.29, 0.717) is 24.3 Å². The van der Waals surface area contributed by atoms with Gasteiger partial charge < -0.3 is 14.8 Å². The Labute approximate surface area is 197 Å². The first-order valence-electron chi connectivity index (χ1n) is 9.67. The quantitative estimate of drug-likeness (QED) is 0.217. The summed E-state index contributed by atoms with van der Waals surface area (Å²) in [6.07, 6.45) is -9.69. The van der Waals surface area contributed by atoms with Gasteiger partial charge in [0.1, 0.15) is 0 Å². The summed E-state index contributed by atoms with van der Waals surface area (Å²) in [4.78, 5) is 22.3. The second-order valence-corrected chi connectivity index (χ2v) is 7.02. The first-order chi connectivity index (χ1) is 16.8. The minimum absolute atomic E-state index is 0.209. The average molecular weight is 518 g/mol. The lowest BCUT2D eigenvalue weighted by atomic mass is 10.1. The summed E-state index contributed by atoms with van der Waals surface area (Å²) < 4.78 is 102. The van der Waals surface area contributed by atoms with Crippen molar-refractivity contribution in [3.63, 3.8) is 0 Å². The molecule has 0 bridgehead atoms. The number of hydrogen-bond acceptors (Lipinski definition) is 5. The predicted molar refractivity (Wildman–Crippen MR) is 110 cm³/mol. The molecule has 7 nitrogen and oxygen atoms in total. The van der Waals surface area contributed by atoms with Gasteiger partial charge in [0.2, 0.25) is 0 Å². The van der Waals surface area contributed by atoms with Gasteiger partial charge in [-0.05, 0) is 42.5 Å². The fourth-order valence-electron chi connectivity index (χ4n) is 2.83. The number of hydrogen-bond donors (Lipinski definition) is 1. The van der Waals surface area contributed by atoms with Crippen molar-refractivity contribution in [2.24, 2.45) is 0 Å². The van der Waals surface area contributed by atoms with Crippen LogP contribution in [0.25, 0.3) is 0 Å². The van der Waals surface area contributed by atoms with Crippen molar-refractivity contribution in [1.82, 2.24) is 0 Å². The zero-order valence-corrected chi connectivity index (χ0v) is 17.6. The molecule has 0 heterocycles. The van der Waals surface area contributed by atoms with Gasteiger partial charge in [0.05, 0.1) is 21.7 Å². The Hall–Kier alpha value is -4.36. The van der Waals surface area contributed by atoms with Crippen LogP contribution in [0.2, 0.25) is 0 Å². The van der Waals surface area contributed by atoms with Crippen LogP contribution in [0.1, 0.15) is 11.1 Å². The molecular weight excluding hydrogens is 505 g/mol. The molecule has 0 atom stereocenters. The van der Waals surface area contributed by atoms with Gasteiger partial charge in [-0.2, -0.15) is 26.3 Å². The van der Waals surface area contributed by atoms with E-state index in [2.05, 4.69) is 5.32 Å². The Bertz CT molecular complexity index is 1290. The number of anilines is 1. The maximum absolute atomic E-state index is 13.9. The van der Waals surface area contributed by atoms with Crippen LogP contribution in [0.15, 0.2) is 60.7 Å². The van der Waals surface area contributed by atoms with Gasteiger partial charge in [-0.3, -0.25) is 14.9 Å². The molecule has 0 spiro atoms. The van der Waals surface area contributed by atoms with Crippen LogP contribution in [0, 0.1) is 15.9 Å². The van der Waals surface area contributed by atoms with E-state index in [-0.39, 0.29) is 17.6 Å². The summed E-state index contributed by atoms with van der Waals surface area (Å²) in [5.41, 5.74) is -4.13. The molecule has 3 aromatic rings. The van der Waals surface area contributed by atoms with Crippen LogP contribution >= 0.6 is 0 Å². The number of halogens is 7. The van der Waals surface area contributed by atoms with Crippen LogP contribution in [-0.4, -0.2) is 17.4 Å². The molecule has 0 aliphatic rings. The molecule has 0 aromatic heterocycles. The van der Waals surface area contributed by atoms with Crippen LogP contribution < -0.4 is 14.8 Å². The van der Waals surface area contributed by atoms with Crippen molar-refractivity contribution < 1.29 is 49.9 Å². The number of ether oxygens (including phenoxy) is 2. The van der Waals surface area contributed by atoms with E-state index in [4.69, 9.17) is 9.47 Å². The number of nitrogens with one attached hydrogen (secondary N) is 1. The van der Waals surface area contributed by atoms with Gasteiger partial charge in [0, 0.05) is 6.07 Å². The van der Waals surface area contributed by atoms with Crippen molar-refractivity contribution in [2.45, 2.75) is 12.4 Å². The Morgan fingerprint density at radius 2 is 1.44 bits per heavy atom. The monoisotopic (exact) mass is 518 g/mol. The summed E-state index contributed by atoms with van der Waals surface area (Å²) in [5, 5.41) is 13.2. The van der Waals surface area contributed by atoms with E-state index < -0.39 is 63.9 Å². The third kappa shape index (κ3) is 6.40. The summed E-state index contributed by atoms with van der Waals surface area (Å²) in [6, 6.07) is 8.27. The number of carbonyl (C=O) groups excluding carboxylic acids is 1. The maximum atomic E-state index is 13.9. The number of nitro groups is 1. The largest absolute Gasteiger partial charge is 0.477 e. The average Bonchev–Trinajstić information content (AvgIpc) is 2.78. The number of alkyl halides is 6. The molecule has 0 saturated heterocycles. The lowest BCUT2D eigenvalue weighted by Crippen LogP contribution is -2.21. The number of carbonyl (C=O) groups is 1. The number of rotatable bonds is 7. The normalized spacial score (nSPS) is 11.6. The standard InChI is InChI=1S/C22H13F7N2O5/c23-14-3-1-2-4-17(14)36-18-7-5-12(21(24,25)26)9-15(18)30-20(32)11-35-19-8-6-13(22(27,28)29)10-16(19)31(33)34/h1-10H,11H2,(H,30,32). The van der Waals surface area contributed by atoms with Crippen molar-refractivity contribution in [2.75, 3.05) is 11.9 Å². The molecule has 0 radical (unpaired) electrons. The second kappa shape index (κ2) is 10.1. The van der Waals surface area contributed by atoms with Crippen LogP contribution in [0.5, 0.6) is 17.2 Å². The molecule has 190 valence electrons. The summed E-state index contributed by atoms with van der Waals surface area (Å²) in [7, 11) is 0. The van der Waals surface area contributed by atoms with Gasteiger partial charge >= 0.3 is 18.0 Å². The Morgan fingerprint density at radius 1 is 0.861 bits per heavy atom. The molecule has 3 rings (SSSR count). The number of nitrogens with zero attached hydrogens (tertiary/aromatic N) is 1. The zero-order valence-electron chi connectivity index (χ0n) is 17.6. The lowest BCUT2D eigenvalue weighted by molar-refractivity contribution is -0.386. The maximum Gasteiger partial charge on any atom is 0.416 e. The van der Waals surface area contributed by atoms with E-state index in [9.17, 15) is 45.6 Å². The highest BCUT2D eigenvalue weighted by atomic mass is 19.4. The predicted octanol–water partition coefficient (Wildman–Crippen LogP) is 6.58. The zero-order chi connectivity index (χ0) is 26.7. The molecule has 3 aromatic carbocycles. The van der Waals surface area contributed by atoms with E-state index in [1.54, 1.807) is 0 Å². The lowest BCUT2D eigenvalue weighted by Gasteiger charge is -2.16. The first kappa shape index (κ1) is 26.2. The number of nitro benzene ring substituents is 1. The minimum atomic E-state index is -4.88. The van der Waals surface area contributed by atoms with Crippen molar-refractivity contribution in [3.05, 3.63) is 87.7 Å². The summed E-state index contributed by atoms with van der Waals surface area (Å²) in [6.45, 7) is -1.03. The molecule has 0 aliphatic heterocycles. The molecule has 1 amide bonds. The third-order valence-corrected chi connectivity index (χ3v) is 4.48. The smallest absolute Gasteiger partial charge is 0.416 e. The molecule has 0 aliphatic carbocycles. The number of amides is 1. The Morgan fingerprint density at radius 3 is 2.03 bits per heavy atom. The van der Waals surface area contributed by atoms with Crippen LogP contribution in [0.3, 0.4) is 0 Å². The topological polar surface area (TPSA) is 90.7 Å². The van der Waals surface area contributed by atoms with Gasteiger partial charge in [-0.1, -0.05) is 12.1 Å². The number of para-hydroxylation sites is 1. The fraction of sp³-hybridized carbons (Fsp3) is 0.136. The molecule has 0 fully saturated rings. The van der Waals surface area contributed by atoms with Gasteiger partial charge in [0.25, 0.3) is 5.91 Å². The fourth-order valence-corrected chi connectivity index (χ4v) is 2.83. The third-order valence-electron chi connectivity index (χ3n) is 4.48. The first-order valence-corrected chi connectivity index (χ1v) is 9.67. The highest BCUT2D eigenvalue weighted by molar-refractivity contribution is 5.93. The molecule has 36 heavy (non-hydrogen) atoms. The van der Waals surface area contributed by atoms with E-state index >= 15 is 0 Å². The molecule has 0 unspecified atom stereocenters. The second-order valence-electron chi connectivity index (χ2n) is 7.02. The highest BCUT2D eigenvalue weighted by Gasteiger charge is 2.34. The summed E-state index contributed by atoms with van der Waals surface area (Å²) in [5.74, 6) is -3.39. The van der Waals surface area contributed by atoms with Gasteiger partial charge in [-0.25, -0.2) is 4.39 Å². The van der Waals surface area contributed by atoms with Crippen molar-refractivity contribution in [3.8, 4) is 17.2 Å². The van der Waals surface area contributed by atoms with E-state index in [0.717, 1.165) is 12.1 Å².